The van der Waals surface area contributed by atoms with Gasteiger partial charge in [-0.2, -0.15) is 18.3 Å². The van der Waals surface area contributed by atoms with E-state index in [1.807, 2.05) is 6.92 Å². The van der Waals surface area contributed by atoms with Crippen molar-refractivity contribution in [2.45, 2.75) is 32.4 Å². The van der Waals surface area contributed by atoms with Crippen LogP contribution in [-0.4, -0.2) is 18.3 Å². The maximum atomic E-state index is 12.7. The lowest BCUT2D eigenvalue weighted by atomic mass is 10.2. The molecule has 21 heavy (non-hydrogen) atoms. The van der Waals surface area contributed by atoms with Crippen molar-refractivity contribution < 1.29 is 18.0 Å². The van der Waals surface area contributed by atoms with Crippen molar-refractivity contribution in [1.82, 2.24) is 5.32 Å². The average Bonchev–Trinajstić information content (AvgIpc) is 2.86. The number of anilines is 1. The Balaban J connectivity index is 2.10. The number of amides is 1. The molecule has 0 aliphatic carbocycles. The minimum absolute atomic E-state index is 0.123. The Bertz CT molecular complexity index is 555. The Kier molecular flexibility index (Phi) is 4.50. The number of carbonyl (C=O) groups is 1. The van der Waals surface area contributed by atoms with Gasteiger partial charge in [-0.05, 0) is 24.6 Å². The monoisotopic (exact) mass is 299 g/mol. The van der Waals surface area contributed by atoms with Gasteiger partial charge in [-0.3, -0.25) is 9.80 Å². The number of nitrogens with one attached hydrogen (secondary N) is 1. The highest BCUT2D eigenvalue weighted by Gasteiger charge is 2.31. The van der Waals surface area contributed by atoms with Gasteiger partial charge in [-0.25, -0.2) is 0 Å². The summed E-state index contributed by atoms with van der Waals surface area (Å²) in [5.74, 6) is 0.369. The summed E-state index contributed by atoms with van der Waals surface area (Å²) in [5, 5.41) is 8.29. The molecular weight excluding hydrogens is 283 g/mol. The summed E-state index contributed by atoms with van der Waals surface area (Å²) in [4.78, 5) is 11.5. The zero-order valence-electron chi connectivity index (χ0n) is 11.6. The van der Waals surface area contributed by atoms with E-state index in [2.05, 4.69) is 10.4 Å². The van der Waals surface area contributed by atoms with E-state index < -0.39 is 11.7 Å². The third-order valence-corrected chi connectivity index (χ3v) is 3.03. The Labute approximate surface area is 120 Å². The van der Waals surface area contributed by atoms with Crippen LogP contribution in [-0.2, 0) is 11.0 Å². The largest absolute Gasteiger partial charge is 0.416 e. The lowest BCUT2D eigenvalue weighted by Crippen LogP contribution is -2.28. The van der Waals surface area contributed by atoms with Crippen molar-refractivity contribution in [3.63, 3.8) is 0 Å². The summed E-state index contributed by atoms with van der Waals surface area (Å²) in [6.45, 7) is 2.34. The lowest BCUT2D eigenvalue weighted by Gasteiger charge is -2.15. The number of halogens is 3. The number of carbonyl (C=O) groups excluding carboxylic acids is 1. The molecule has 0 saturated heterocycles. The second kappa shape index (κ2) is 6.15. The van der Waals surface area contributed by atoms with Gasteiger partial charge in [0.1, 0.15) is 5.84 Å². The van der Waals surface area contributed by atoms with Gasteiger partial charge in [-0.15, -0.1) is 0 Å². The van der Waals surface area contributed by atoms with E-state index in [0.29, 0.717) is 30.9 Å². The van der Waals surface area contributed by atoms with Crippen LogP contribution in [0.3, 0.4) is 0 Å². The van der Waals surface area contributed by atoms with E-state index in [0.717, 1.165) is 18.6 Å². The molecular formula is C14H16F3N3O. The summed E-state index contributed by atoms with van der Waals surface area (Å²) in [6, 6.07) is 4.99. The van der Waals surface area contributed by atoms with Crippen LogP contribution in [0.5, 0.6) is 0 Å². The molecule has 1 aliphatic rings. The topological polar surface area (TPSA) is 44.7 Å². The second-order valence-corrected chi connectivity index (χ2v) is 4.77. The number of hydrazone groups is 1. The third kappa shape index (κ3) is 3.96. The standard InChI is InChI=1S/C14H16F3N3O/c1-2-4-13(21)18-12-7-8-20(19-12)11-6-3-5-10(9-11)14(15,16)17/h3,5-6,9H,2,4,7-8H2,1H3,(H,18,19,21). The fourth-order valence-electron chi connectivity index (χ4n) is 2.03. The molecule has 1 N–H and O–H groups in total. The van der Waals surface area contributed by atoms with Crippen LogP contribution >= 0.6 is 0 Å². The molecule has 1 heterocycles. The summed E-state index contributed by atoms with van der Waals surface area (Å²) in [6.07, 6.45) is -2.73. The summed E-state index contributed by atoms with van der Waals surface area (Å²) >= 11 is 0. The van der Waals surface area contributed by atoms with Crippen molar-refractivity contribution in [1.29, 1.82) is 0 Å². The first-order chi connectivity index (χ1) is 9.90. The first kappa shape index (κ1) is 15.3. The Morgan fingerprint density at radius 1 is 1.43 bits per heavy atom. The first-order valence-corrected chi connectivity index (χ1v) is 6.72. The van der Waals surface area contributed by atoms with Crippen LogP contribution in [0, 0.1) is 0 Å². The lowest BCUT2D eigenvalue weighted by molar-refractivity contribution is -0.137. The molecule has 1 aliphatic heterocycles. The van der Waals surface area contributed by atoms with Gasteiger partial charge in [0.25, 0.3) is 0 Å². The van der Waals surface area contributed by atoms with Crippen LogP contribution < -0.4 is 10.3 Å². The van der Waals surface area contributed by atoms with Gasteiger partial charge in [0.15, 0.2) is 0 Å². The number of nitrogens with zero attached hydrogens (tertiary/aromatic N) is 2. The van der Waals surface area contributed by atoms with Crippen molar-refractivity contribution in [2.24, 2.45) is 5.10 Å². The quantitative estimate of drug-likeness (QED) is 0.932. The SMILES string of the molecule is CCCC(=O)NC1=NN(c2cccc(C(F)(F)F)c2)CC1. The minimum atomic E-state index is -4.38. The van der Waals surface area contributed by atoms with E-state index in [4.69, 9.17) is 0 Å². The normalized spacial score (nSPS) is 15.0. The van der Waals surface area contributed by atoms with E-state index in [9.17, 15) is 18.0 Å². The van der Waals surface area contributed by atoms with Crippen LogP contribution in [0.4, 0.5) is 18.9 Å². The Morgan fingerprint density at radius 2 is 2.19 bits per heavy atom. The molecule has 0 unspecified atom stereocenters. The van der Waals surface area contributed by atoms with Crippen molar-refractivity contribution in [2.75, 3.05) is 11.6 Å². The highest BCUT2D eigenvalue weighted by molar-refractivity contribution is 5.99. The number of hydrogen-bond acceptors (Lipinski definition) is 3. The fourth-order valence-corrected chi connectivity index (χ4v) is 2.03. The molecule has 0 aromatic heterocycles. The van der Waals surface area contributed by atoms with Crippen molar-refractivity contribution in [3.05, 3.63) is 29.8 Å². The van der Waals surface area contributed by atoms with Crippen molar-refractivity contribution >= 4 is 17.4 Å². The number of alkyl halides is 3. The fraction of sp³-hybridized carbons (Fsp3) is 0.429. The molecule has 7 heteroatoms. The van der Waals surface area contributed by atoms with Crippen molar-refractivity contribution in [3.8, 4) is 0 Å². The van der Waals surface area contributed by atoms with Gasteiger partial charge < -0.3 is 5.32 Å². The van der Waals surface area contributed by atoms with E-state index >= 15 is 0 Å². The molecule has 0 fully saturated rings. The summed E-state index contributed by atoms with van der Waals surface area (Å²) in [7, 11) is 0. The Hall–Kier alpha value is -2.05. The first-order valence-electron chi connectivity index (χ1n) is 6.72. The Morgan fingerprint density at radius 3 is 2.86 bits per heavy atom. The van der Waals surface area contributed by atoms with Gasteiger partial charge in [0.05, 0.1) is 11.3 Å². The molecule has 0 spiro atoms. The molecule has 114 valence electrons. The predicted octanol–water partition coefficient (Wildman–Crippen LogP) is 3.15. The molecule has 2 rings (SSSR count). The highest BCUT2D eigenvalue weighted by atomic mass is 19.4. The van der Waals surface area contributed by atoms with Crippen LogP contribution in [0.2, 0.25) is 0 Å². The average molecular weight is 299 g/mol. The molecule has 0 atom stereocenters. The second-order valence-electron chi connectivity index (χ2n) is 4.77. The summed E-state index contributed by atoms with van der Waals surface area (Å²) in [5.41, 5.74) is -0.344. The zero-order valence-corrected chi connectivity index (χ0v) is 11.6. The van der Waals surface area contributed by atoms with E-state index in [1.165, 1.54) is 11.1 Å². The zero-order chi connectivity index (χ0) is 15.5. The van der Waals surface area contributed by atoms with Crippen LogP contribution in [0.25, 0.3) is 0 Å². The van der Waals surface area contributed by atoms with E-state index in [-0.39, 0.29) is 5.91 Å². The number of amidine groups is 1. The number of benzene rings is 1. The molecule has 1 aromatic rings. The smallest absolute Gasteiger partial charge is 0.313 e. The van der Waals surface area contributed by atoms with E-state index in [1.54, 1.807) is 6.07 Å². The highest BCUT2D eigenvalue weighted by Crippen LogP contribution is 2.32. The summed E-state index contributed by atoms with van der Waals surface area (Å²) < 4.78 is 38.0. The number of hydrogen-bond donors (Lipinski definition) is 1. The molecule has 1 aromatic carbocycles. The molecule has 4 nitrogen and oxygen atoms in total. The van der Waals surface area contributed by atoms with Crippen LogP contribution in [0.15, 0.2) is 29.4 Å². The van der Waals surface area contributed by atoms with Gasteiger partial charge in [0.2, 0.25) is 5.91 Å². The maximum absolute atomic E-state index is 12.7. The molecule has 0 saturated carbocycles. The van der Waals surface area contributed by atoms with Gasteiger partial charge in [0, 0.05) is 19.4 Å². The van der Waals surface area contributed by atoms with Gasteiger partial charge >= 0.3 is 6.18 Å². The maximum Gasteiger partial charge on any atom is 0.416 e. The predicted molar refractivity (Wildman–Crippen MR) is 73.9 cm³/mol. The van der Waals surface area contributed by atoms with Gasteiger partial charge in [-0.1, -0.05) is 13.0 Å². The van der Waals surface area contributed by atoms with Crippen LogP contribution in [0.1, 0.15) is 31.7 Å². The third-order valence-electron chi connectivity index (χ3n) is 3.03. The molecule has 0 radical (unpaired) electrons. The number of rotatable bonds is 3. The minimum Gasteiger partial charge on any atom is -0.313 e. The molecule has 0 bridgehead atoms. The molecule has 1 amide bonds.